The molecule has 6 nitrogen and oxygen atoms in total. The monoisotopic (exact) mass is 462 g/mol. The summed E-state index contributed by atoms with van der Waals surface area (Å²) in [7, 11) is 0. The van der Waals surface area contributed by atoms with E-state index < -0.39 is 4.92 Å². The molecule has 1 N–H and O–H groups in total. The van der Waals surface area contributed by atoms with E-state index in [9.17, 15) is 14.9 Å². The van der Waals surface area contributed by atoms with Gasteiger partial charge in [-0.1, -0.05) is 90.4 Å². The van der Waals surface area contributed by atoms with Crippen molar-refractivity contribution >= 4 is 11.7 Å². The van der Waals surface area contributed by atoms with Crippen LogP contribution in [-0.4, -0.2) is 24.0 Å². The molecular weight excluding hydrogens is 416 g/mol. The van der Waals surface area contributed by atoms with Gasteiger partial charge in [0.15, 0.2) is 0 Å². The van der Waals surface area contributed by atoms with Gasteiger partial charge in [0, 0.05) is 18.6 Å². The number of carbonyl (C=O) groups excluding carboxylic acids is 1. The summed E-state index contributed by atoms with van der Waals surface area (Å²) in [5, 5.41) is 14.1. The van der Waals surface area contributed by atoms with Crippen molar-refractivity contribution in [3.63, 3.8) is 0 Å². The van der Waals surface area contributed by atoms with Crippen LogP contribution in [0.15, 0.2) is 24.3 Å². The predicted molar refractivity (Wildman–Crippen MR) is 136 cm³/mol. The lowest BCUT2D eigenvalue weighted by atomic mass is 10.0. The van der Waals surface area contributed by atoms with Crippen LogP contribution in [0.25, 0.3) is 0 Å². The molecular formula is C27H46N2O4. The van der Waals surface area contributed by atoms with E-state index in [1.807, 2.05) is 0 Å². The van der Waals surface area contributed by atoms with Crippen LogP contribution in [-0.2, 0) is 4.79 Å². The molecule has 0 heterocycles. The molecule has 0 spiro atoms. The minimum atomic E-state index is -0.475. The summed E-state index contributed by atoms with van der Waals surface area (Å²) >= 11 is 0. The molecule has 0 aliphatic rings. The lowest BCUT2D eigenvalue weighted by molar-refractivity contribution is -0.384. The van der Waals surface area contributed by atoms with Crippen molar-refractivity contribution in [1.82, 2.24) is 5.32 Å². The molecule has 188 valence electrons. The number of esters is 1. The number of benzene rings is 1. The Balaban J connectivity index is 1.80. The highest BCUT2D eigenvalue weighted by molar-refractivity contribution is 5.72. The molecule has 1 rings (SSSR count). The van der Waals surface area contributed by atoms with E-state index in [1.54, 1.807) is 0 Å². The van der Waals surface area contributed by atoms with Gasteiger partial charge in [-0.25, -0.2) is 0 Å². The molecule has 0 bridgehead atoms. The standard InChI is InChI=1S/C27H46N2O4/c1-2-3-4-5-6-7-8-9-10-11-12-13-14-16-23-28-24-17-15-18-27(30)33-26-21-19-25(20-22-26)29(31)32/h19-22,28H,2-18,23-24H2,1H3. The van der Waals surface area contributed by atoms with Crippen LogP contribution in [0.3, 0.4) is 0 Å². The van der Waals surface area contributed by atoms with Gasteiger partial charge in [-0.2, -0.15) is 0 Å². The first kappa shape index (κ1) is 29.1. The molecule has 0 aromatic heterocycles. The van der Waals surface area contributed by atoms with Gasteiger partial charge in [0.1, 0.15) is 5.75 Å². The zero-order chi connectivity index (χ0) is 24.0. The molecule has 0 atom stereocenters. The topological polar surface area (TPSA) is 81.5 Å². The maximum absolute atomic E-state index is 11.8. The van der Waals surface area contributed by atoms with E-state index in [1.165, 1.54) is 114 Å². The summed E-state index contributed by atoms with van der Waals surface area (Å²) in [5.74, 6) is 0.0531. The van der Waals surface area contributed by atoms with Crippen LogP contribution in [0.4, 0.5) is 5.69 Å². The first-order valence-electron chi connectivity index (χ1n) is 13.3. The summed E-state index contributed by atoms with van der Waals surface area (Å²) in [4.78, 5) is 22.0. The summed E-state index contributed by atoms with van der Waals surface area (Å²) in [5.41, 5.74) is -0.0142. The minimum Gasteiger partial charge on any atom is -0.427 e. The minimum absolute atomic E-state index is 0.0142. The van der Waals surface area contributed by atoms with E-state index in [0.717, 1.165) is 25.9 Å². The lowest BCUT2D eigenvalue weighted by Crippen LogP contribution is -2.17. The number of unbranched alkanes of at least 4 members (excludes halogenated alkanes) is 14. The van der Waals surface area contributed by atoms with Crippen molar-refractivity contribution in [1.29, 1.82) is 0 Å². The number of hydrogen-bond acceptors (Lipinski definition) is 5. The molecule has 0 amide bonds. The Morgan fingerprint density at radius 2 is 1.21 bits per heavy atom. The van der Waals surface area contributed by atoms with Gasteiger partial charge in [-0.15, -0.1) is 0 Å². The number of carbonyl (C=O) groups is 1. The molecule has 33 heavy (non-hydrogen) atoms. The maximum Gasteiger partial charge on any atom is 0.311 e. The number of hydrogen-bond donors (Lipinski definition) is 1. The van der Waals surface area contributed by atoms with Crippen LogP contribution in [0.1, 0.15) is 116 Å². The average molecular weight is 463 g/mol. The number of ether oxygens (including phenoxy) is 1. The molecule has 1 aromatic rings. The number of nitro benzene ring substituents is 1. The Kier molecular flexibility index (Phi) is 18.2. The molecule has 6 heteroatoms. The van der Waals surface area contributed by atoms with Crippen LogP contribution in [0.2, 0.25) is 0 Å². The van der Waals surface area contributed by atoms with Gasteiger partial charge in [0.2, 0.25) is 0 Å². The van der Waals surface area contributed by atoms with Gasteiger partial charge >= 0.3 is 5.97 Å². The van der Waals surface area contributed by atoms with Crippen molar-refractivity contribution in [2.45, 2.75) is 116 Å². The fourth-order valence-corrected chi connectivity index (χ4v) is 3.91. The highest BCUT2D eigenvalue weighted by atomic mass is 16.6. The number of nitrogens with zero attached hydrogens (tertiary/aromatic N) is 1. The Morgan fingerprint density at radius 3 is 1.70 bits per heavy atom. The van der Waals surface area contributed by atoms with Crippen LogP contribution < -0.4 is 10.1 Å². The largest absolute Gasteiger partial charge is 0.427 e. The fourth-order valence-electron chi connectivity index (χ4n) is 3.91. The van der Waals surface area contributed by atoms with Gasteiger partial charge in [-0.3, -0.25) is 14.9 Å². The first-order valence-corrected chi connectivity index (χ1v) is 13.3. The second-order valence-corrected chi connectivity index (χ2v) is 9.03. The molecule has 0 unspecified atom stereocenters. The van der Waals surface area contributed by atoms with Crippen molar-refractivity contribution in [3.05, 3.63) is 34.4 Å². The number of nitrogens with one attached hydrogen (secondary N) is 1. The maximum atomic E-state index is 11.8. The number of rotatable bonds is 22. The Labute approximate surface area is 201 Å². The summed E-state index contributed by atoms with van der Waals surface area (Å²) in [6.07, 6.45) is 21.4. The van der Waals surface area contributed by atoms with Gasteiger partial charge in [0.05, 0.1) is 4.92 Å². The fraction of sp³-hybridized carbons (Fsp3) is 0.741. The summed E-state index contributed by atoms with van der Waals surface area (Å²) in [6, 6.07) is 5.58. The SMILES string of the molecule is CCCCCCCCCCCCCCCCNCCCCC(=O)Oc1ccc([N+](=O)[O-])cc1. The van der Waals surface area contributed by atoms with E-state index in [2.05, 4.69) is 12.2 Å². The van der Waals surface area contributed by atoms with Gasteiger partial charge in [0.25, 0.3) is 5.69 Å². The normalized spacial score (nSPS) is 10.9. The predicted octanol–water partition coefficient (Wildman–Crippen LogP) is 7.74. The third-order valence-electron chi connectivity index (χ3n) is 5.97. The molecule has 1 aromatic carbocycles. The zero-order valence-corrected chi connectivity index (χ0v) is 20.8. The molecule has 0 aliphatic heterocycles. The second-order valence-electron chi connectivity index (χ2n) is 9.03. The van der Waals surface area contributed by atoms with E-state index in [4.69, 9.17) is 4.74 Å². The van der Waals surface area contributed by atoms with Crippen LogP contribution in [0, 0.1) is 10.1 Å². The van der Waals surface area contributed by atoms with Gasteiger partial charge in [-0.05, 0) is 44.5 Å². The summed E-state index contributed by atoms with van der Waals surface area (Å²) in [6.45, 7) is 4.24. The Hall–Kier alpha value is -1.95. The van der Waals surface area contributed by atoms with Crippen molar-refractivity contribution in [2.75, 3.05) is 13.1 Å². The van der Waals surface area contributed by atoms with Crippen molar-refractivity contribution in [2.24, 2.45) is 0 Å². The highest BCUT2D eigenvalue weighted by Gasteiger charge is 2.08. The first-order chi connectivity index (χ1) is 16.1. The van der Waals surface area contributed by atoms with Crippen molar-refractivity contribution in [3.8, 4) is 5.75 Å². The second kappa shape index (κ2) is 20.6. The molecule has 0 fully saturated rings. The van der Waals surface area contributed by atoms with Crippen LogP contribution >= 0.6 is 0 Å². The third-order valence-corrected chi connectivity index (χ3v) is 5.97. The number of nitro groups is 1. The van der Waals surface area contributed by atoms with E-state index >= 15 is 0 Å². The zero-order valence-electron chi connectivity index (χ0n) is 20.8. The van der Waals surface area contributed by atoms with Crippen LogP contribution in [0.5, 0.6) is 5.75 Å². The molecule has 0 aliphatic carbocycles. The van der Waals surface area contributed by atoms with E-state index in [0.29, 0.717) is 12.2 Å². The Bertz CT molecular complexity index is 619. The summed E-state index contributed by atoms with van der Waals surface area (Å²) < 4.78 is 5.20. The third kappa shape index (κ3) is 17.2. The van der Waals surface area contributed by atoms with Gasteiger partial charge < -0.3 is 10.1 Å². The van der Waals surface area contributed by atoms with E-state index in [-0.39, 0.29) is 11.7 Å². The van der Waals surface area contributed by atoms with Crippen molar-refractivity contribution < 1.29 is 14.5 Å². The quantitative estimate of drug-likeness (QED) is 0.0626. The Morgan fingerprint density at radius 1 is 0.758 bits per heavy atom. The molecule has 0 saturated carbocycles. The number of non-ortho nitro benzene ring substituents is 1. The molecule has 0 radical (unpaired) electrons. The smallest absolute Gasteiger partial charge is 0.311 e. The lowest BCUT2D eigenvalue weighted by Gasteiger charge is -2.06. The highest BCUT2D eigenvalue weighted by Crippen LogP contribution is 2.18. The molecule has 0 saturated heterocycles. The average Bonchev–Trinajstić information content (AvgIpc) is 2.81.